The molecule has 1 aliphatic heterocycles. The number of hydrogen-bond donors (Lipinski definition) is 1. The van der Waals surface area contributed by atoms with Crippen LogP contribution in [0.15, 0.2) is 48.5 Å². The van der Waals surface area contributed by atoms with E-state index in [2.05, 4.69) is 5.32 Å². The Labute approximate surface area is 127 Å². The number of benzene rings is 2. The number of fused-ring (bicyclic) bond motifs is 1. The molecule has 1 heterocycles. The van der Waals surface area contributed by atoms with E-state index in [-0.39, 0.29) is 0 Å². The van der Waals surface area contributed by atoms with Crippen LogP contribution in [0.2, 0.25) is 5.02 Å². The van der Waals surface area contributed by atoms with Crippen molar-refractivity contribution in [1.82, 2.24) is 5.32 Å². The summed E-state index contributed by atoms with van der Waals surface area (Å²) < 4.78 is 0. The van der Waals surface area contributed by atoms with E-state index in [0.29, 0.717) is 10.7 Å². The van der Waals surface area contributed by atoms with Crippen LogP contribution in [0.4, 0.5) is 5.69 Å². The first-order valence-electron chi connectivity index (χ1n) is 6.51. The number of nitrogens with one attached hydrogen (secondary N) is 1. The Morgan fingerprint density at radius 1 is 1.10 bits per heavy atom. The van der Waals surface area contributed by atoms with Crippen LogP contribution >= 0.6 is 11.6 Å². The van der Waals surface area contributed by atoms with Gasteiger partial charge in [-0.2, -0.15) is 0 Å². The van der Waals surface area contributed by atoms with Crippen LogP contribution in [0.5, 0.6) is 0 Å². The molecular weight excluding hydrogens is 288 g/mol. The molecule has 1 unspecified atom stereocenters. The second-order valence-electron chi connectivity index (χ2n) is 4.88. The molecule has 1 aliphatic rings. The lowest BCUT2D eigenvalue weighted by Crippen LogP contribution is -2.39. The van der Waals surface area contributed by atoms with Crippen molar-refractivity contribution in [2.45, 2.75) is 6.04 Å². The van der Waals surface area contributed by atoms with Crippen molar-refractivity contribution in [3.8, 4) is 0 Å². The number of rotatable bonds is 1. The molecule has 0 aromatic heterocycles. The van der Waals surface area contributed by atoms with Crippen LogP contribution < -0.4 is 10.2 Å². The number of hydrogen-bond acceptors (Lipinski definition) is 2. The highest BCUT2D eigenvalue weighted by Crippen LogP contribution is 2.34. The van der Waals surface area contributed by atoms with E-state index in [9.17, 15) is 9.59 Å². The molecule has 2 aromatic rings. The topological polar surface area (TPSA) is 49.4 Å². The van der Waals surface area contributed by atoms with Crippen molar-refractivity contribution in [2.24, 2.45) is 0 Å². The summed E-state index contributed by atoms with van der Waals surface area (Å²) >= 11 is 6.09. The Bertz CT molecular complexity index is 715. The van der Waals surface area contributed by atoms with Crippen molar-refractivity contribution in [3.05, 3.63) is 64.7 Å². The van der Waals surface area contributed by atoms with Gasteiger partial charge in [0, 0.05) is 23.3 Å². The van der Waals surface area contributed by atoms with Gasteiger partial charge < -0.3 is 10.2 Å². The van der Waals surface area contributed by atoms with Gasteiger partial charge in [0.15, 0.2) is 0 Å². The zero-order valence-corrected chi connectivity index (χ0v) is 12.1. The molecule has 1 N–H and O–H groups in total. The first-order chi connectivity index (χ1) is 10.1. The summed E-state index contributed by atoms with van der Waals surface area (Å²) in [7, 11) is 1.59. The maximum Gasteiger partial charge on any atom is 0.316 e. The molecule has 0 aliphatic carbocycles. The van der Waals surface area contributed by atoms with E-state index in [1.807, 2.05) is 30.3 Å². The average Bonchev–Trinajstić information content (AvgIpc) is 2.59. The van der Waals surface area contributed by atoms with Crippen molar-refractivity contribution in [2.75, 3.05) is 11.9 Å². The van der Waals surface area contributed by atoms with Gasteiger partial charge in [-0.15, -0.1) is 0 Å². The van der Waals surface area contributed by atoms with Gasteiger partial charge in [-0.25, -0.2) is 0 Å². The van der Waals surface area contributed by atoms with Crippen LogP contribution in [0.3, 0.4) is 0 Å². The molecule has 2 aromatic carbocycles. The number of halogens is 1. The molecule has 0 bridgehead atoms. The van der Waals surface area contributed by atoms with Crippen LogP contribution in [0, 0.1) is 0 Å². The molecule has 0 radical (unpaired) electrons. The highest BCUT2D eigenvalue weighted by atomic mass is 35.5. The monoisotopic (exact) mass is 300 g/mol. The third kappa shape index (κ3) is 2.38. The molecule has 5 heteroatoms. The van der Waals surface area contributed by atoms with Gasteiger partial charge in [-0.1, -0.05) is 41.9 Å². The molecule has 3 rings (SSSR count). The number of anilines is 1. The predicted molar refractivity (Wildman–Crippen MR) is 81.3 cm³/mol. The van der Waals surface area contributed by atoms with Gasteiger partial charge in [0.1, 0.15) is 0 Å². The molecule has 1 atom stereocenters. The largest absolute Gasteiger partial charge is 0.337 e. The molecule has 106 valence electrons. The van der Waals surface area contributed by atoms with Crippen LogP contribution in [0.25, 0.3) is 0 Å². The van der Waals surface area contributed by atoms with E-state index in [1.165, 1.54) is 4.90 Å². The Balaban J connectivity index is 2.21. The average molecular weight is 301 g/mol. The van der Waals surface area contributed by atoms with Gasteiger partial charge >= 0.3 is 11.8 Å². The summed E-state index contributed by atoms with van der Waals surface area (Å²) in [4.78, 5) is 25.4. The van der Waals surface area contributed by atoms with E-state index in [1.54, 1.807) is 25.2 Å². The first-order valence-corrected chi connectivity index (χ1v) is 6.88. The summed E-state index contributed by atoms with van der Waals surface area (Å²) in [6.07, 6.45) is 0. The van der Waals surface area contributed by atoms with Crippen LogP contribution in [-0.4, -0.2) is 18.9 Å². The Morgan fingerprint density at radius 3 is 2.52 bits per heavy atom. The molecule has 2 amide bonds. The van der Waals surface area contributed by atoms with Gasteiger partial charge in [0.05, 0.1) is 6.04 Å². The fourth-order valence-corrected chi connectivity index (χ4v) is 2.68. The van der Waals surface area contributed by atoms with Crippen molar-refractivity contribution < 1.29 is 9.59 Å². The molecule has 21 heavy (non-hydrogen) atoms. The lowest BCUT2D eigenvalue weighted by atomic mass is 9.97. The smallest absolute Gasteiger partial charge is 0.316 e. The predicted octanol–water partition coefficient (Wildman–Crippen LogP) is 2.52. The molecular formula is C16H13ClN2O2. The summed E-state index contributed by atoms with van der Waals surface area (Å²) in [6.45, 7) is 0. The zero-order chi connectivity index (χ0) is 15.0. The minimum absolute atomic E-state index is 0.402. The zero-order valence-electron chi connectivity index (χ0n) is 11.3. The minimum Gasteiger partial charge on any atom is -0.337 e. The third-order valence-electron chi connectivity index (χ3n) is 3.57. The van der Waals surface area contributed by atoms with E-state index < -0.39 is 17.9 Å². The molecule has 0 spiro atoms. The number of carbonyl (C=O) groups excluding carboxylic acids is 2. The van der Waals surface area contributed by atoms with Gasteiger partial charge in [-0.05, 0) is 23.8 Å². The lowest BCUT2D eigenvalue weighted by molar-refractivity contribution is -0.137. The minimum atomic E-state index is -0.626. The summed E-state index contributed by atoms with van der Waals surface area (Å²) in [6, 6.07) is 14.3. The van der Waals surface area contributed by atoms with E-state index in [4.69, 9.17) is 11.6 Å². The normalized spacial score (nSPS) is 18.0. The Morgan fingerprint density at radius 2 is 1.81 bits per heavy atom. The van der Waals surface area contributed by atoms with Gasteiger partial charge in [-0.3, -0.25) is 9.59 Å². The van der Waals surface area contributed by atoms with Gasteiger partial charge in [0.2, 0.25) is 0 Å². The molecule has 0 fully saturated rings. The second-order valence-corrected chi connectivity index (χ2v) is 5.32. The van der Waals surface area contributed by atoms with Crippen LogP contribution in [0.1, 0.15) is 17.2 Å². The third-order valence-corrected chi connectivity index (χ3v) is 3.80. The second kappa shape index (κ2) is 5.22. The fourth-order valence-electron chi connectivity index (χ4n) is 2.50. The maximum atomic E-state index is 12.1. The van der Waals surface area contributed by atoms with Crippen LogP contribution in [-0.2, 0) is 9.59 Å². The number of likely N-dealkylation sites (N-methyl/N-ethyl adjacent to an activating group) is 1. The van der Waals surface area contributed by atoms with Crippen molar-refractivity contribution >= 4 is 29.1 Å². The Kier molecular flexibility index (Phi) is 3.39. The summed E-state index contributed by atoms with van der Waals surface area (Å²) in [5.41, 5.74) is 2.38. The molecule has 4 nitrogen and oxygen atoms in total. The molecule has 0 saturated carbocycles. The fraction of sp³-hybridized carbons (Fsp3) is 0.125. The van der Waals surface area contributed by atoms with E-state index >= 15 is 0 Å². The lowest BCUT2D eigenvalue weighted by Gasteiger charge is -2.20. The quantitative estimate of drug-likeness (QED) is 0.823. The standard InChI is InChI=1S/C16H13ClN2O2/c1-19-13-8-7-11(17)9-12(13)14(18-15(20)16(19)21)10-5-3-2-4-6-10/h2-9,14H,1H3,(H,18,20). The highest BCUT2D eigenvalue weighted by Gasteiger charge is 2.32. The van der Waals surface area contributed by atoms with Crippen molar-refractivity contribution in [1.29, 1.82) is 0 Å². The highest BCUT2D eigenvalue weighted by molar-refractivity contribution is 6.41. The SMILES string of the molecule is CN1C(=O)C(=O)NC(c2ccccc2)c2cc(Cl)ccc21. The number of amides is 2. The van der Waals surface area contributed by atoms with E-state index in [0.717, 1.165) is 11.1 Å². The number of nitrogens with zero attached hydrogens (tertiary/aromatic N) is 1. The number of carbonyl (C=O) groups is 2. The van der Waals surface area contributed by atoms with Gasteiger partial charge in [0.25, 0.3) is 0 Å². The summed E-state index contributed by atoms with van der Waals surface area (Å²) in [5, 5.41) is 3.33. The van der Waals surface area contributed by atoms with Crippen molar-refractivity contribution in [3.63, 3.8) is 0 Å². The summed E-state index contributed by atoms with van der Waals surface area (Å²) in [5.74, 6) is -1.21. The first kappa shape index (κ1) is 13.6. The Hall–Kier alpha value is -2.33. The maximum absolute atomic E-state index is 12.1. The molecule has 0 saturated heterocycles.